The molecule has 2 N–H and O–H groups in total. The Labute approximate surface area is 177 Å². The van der Waals surface area contributed by atoms with Crippen molar-refractivity contribution >= 4 is 39.5 Å². The Morgan fingerprint density at radius 3 is 2.17 bits per heavy atom. The van der Waals surface area contributed by atoms with Crippen LogP contribution in [0, 0.1) is 0 Å². The van der Waals surface area contributed by atoms with Gasteiger partial charge in [0.1, 0.15) is 11.4 Å². The summed E-state index contributed by atoms with van der Waals surface area (Å²) >= 11 is 3.39. The molecule has 0 aliphatic heterocycles. The number of amides is 2. The van der Waals surface area contributed by atoms with E-state index in [4.69, 9.17) is 4.74 Å². The summed E-state index contributed by atoms with van der Waals surface area (Å²) in [5.74, 6) is -0.104. The van der Waals surface area contributed by atoms with E-state index in [-0.39, 0.29) is 11.6 Å². The van der Waals surface area contributed by atoms with Crippen LogP contribution in [0.3, 0.4) is 0 Å². The number of hydrogen-bond acceptors (Lipinski definition) is 3. The molecule has 3 aromatic carbocycles. The fourth-order valence-corrected chi connectivity index (χ4v) is 2.81. The minimum absolute atomic E-state index is 0.136. The van der Waals surface area contributed by atoms with Gasteiger partial charge in [-0.25, -0.2) is 0 Å². The van der Waals surface area contributed by atoms with Crippen molar-refractivity contribution in [3.05, 3.63) is 100 Å². The standard InChI is InChI=1S/C23H19BrN2O3/c1-29-20-13-11-19(12-14-20)25-23(28)21(15-16-7-9-18(24)10-8-16)26-22(27)17-5-3-2-4-6-17/h2-15H,1H3,(H,25,28)(H,26,27). The van der Waals surface area contributed by atoms with Gasteiger partial charge in [-0.3, -0.25) is 9.59 Å². The van der Waals surface area contributed by atoms with Gasteiger partial charge in [0, 0.05) is 15.7 Å². The maximum absolute atomic E-state index is 12.9. The lowest BCUT2D eigenvalue weighted by Gasteiger charge is -2.12. The zero-order valence-corrected chi connectivity index (χ0v) is 17.3. The SMILES string of the molecule is COc1ccc(NC(=O)C(=Cc2ccc(Br)cc2)NC(=O)c2ccccc2)cc1. The summed E-state index contributed by atoms with van der Waals surface area (Å²) in [7, 11) is 1.58. The van der Waals surface area contributed by atoms with Crippen molar-refractivity contribution in [1.29, 1.82) is 0 Å². The third-order valence-corrected chi connectivity index (χ3v) is 4.59. The van der Waals surface area contributed by atoms with Crippen LogP contribution in [0.4, 0.5) is 5.69 Å². The second-order valence-electron chi connectivity index (χ2n) is 6.11. The molecular formula is C23H19BrN2O3. The van der Waals surface area contributed by atoms with Gasteiger partial charge in [-0.1, -0.05) is 46.3 Å². The van der Waals surface area contributed by atoms with Crippen molar-refractivity contribution in [3.8, 4) is 5.75 Å². The summed E-state index contributed by atoms with van der Waals surface area (Å²) in [5, 5.41) is 5.51. The van der Waals surface area contributed by atoms with Crippen LogP contribution in [0.2, 0.25) is 0 Å². The number of nitrogens with one attached hydrogen (secondary N) is 2. The van der Waals surface area contributed by atoms with Gasteiger partial charge in [0.2, 0.25) is 0 Å². The van der Waals surface area contributed by atoms with Crippen LogP contribution in [0.25, 0.3) is 6.08 Å². The molecule has 6 heteroatoms. The van der Waals surface area contributed by atoms with Crippen LogP contribution in [0.1, 0.15) is 15.9 Å². The first-order valence-electron chi connectivity index (χ1n) is 8.84. The maximum atomic E-state index is 12.9. The van der Waals surface area contributed by atoms with E-state index < -0.39 is 5.91 Å². The first-order valence-corrected chi connectivity index (χ1v) is 9.63. The lowest BCUT2D eigenvalue weighted by Crippen LogP contribution is -2.30. The fraction of sp³-hybridized carbons (Fsp3) is 0.0435. The topological polar surface area (TPSA) is 67.4 Å². The number of rotatable bonds is 6. The summed E-state index contributed by atoms with van der Waals surface area (Å²) in [5.41, 5.74) is 1.97. The van der Waals surface area contributed by atoms with E-state index in [0.29, 0.717) is 17.0 Å². The second kappa shape index (κ2) is 9.71. The van der Waals surface area contributed by atoms with Crippen molar-refractivity contribution in [2.24, 2.45) is 0 Å². The van der Waals surface area contributed by atoms with E-state index >= 15 is 0 Å². The first-order chi connectivity index (χ1) is 14.0. The molecule has 0 aromatic heterocycles. The number of halogens is 1. The molecule has 0 unspecified atom stereocenters. The van der Waals surface area contributed by atoms with Gasteiger partial charge in [-0.2, -0.15) is 0 Å². The molecule has 0 heterocycles. The molecular weight excluding hydrogens is 432 g/mol. The number of ether oxygens (including phenoxy) is 1. The fourth-order valence-electron chi connectivity index (χ4n) is 2.54. The van der Waals surface area contributed by atoms with Crippen molar-refractivity contribution in [3.63, 3.8) is 0 Å². The highest BCUT2D eigenvalue weighted by atomic mass is 79.9. The van der Waals surface area contributed by atoms with Crippen molar-refractivity contribution < 1.29 is 14.3 Å². The number of carbonyl (C=O) groups is 2. The number of benzene rings is 3. The molecule has 0 saturated carbocycles. The van der Waals surface area contributed by atoms with Gasteiger partial charge in [-0.05, 0) is 60.2 Å². The Morgan fingerprint density at radius 2 is 1.55 bits per heavy atom. The molecule has 0 fully saturated rings. The van der Waals surface area contributed by atoms with E-state index in [9.17, 15) is 9.59 Å². The van der Waals surface area contributed by atoms with Crippen LogP contribution in [0.15, 0.2) is 89.0 Å². The normalized spacial score (nSPS) is 10.9. The van der Waals surface area contributed by atoms with Gasteiger partial charge < -0.3 is 15.4 Å². The van der Waals surface area contributed by atoms with E-state index in [0.717, 1.165) is 10.0 Å². The average Bonchev–Trinajstić information content (AvgIpc) is 2.76. The quantitative estimate of drug-likeness (QED) is 0.526. The van der Waals surface area contributed by atoms with E-state index in [2.05, 4.69) is 26.6 Å². The summed E-state index contributed by atoms with van der Waals surface area (Å²) in [6.45, 7) is 0. The van der Waals surface area contributed by atoms with Crippen molar-refractivity contribution in [2.45, 2.75) is 0 Å². The zero-order chi connectivity index (χ0) is 20.6. The average molecular weight is 451 g/mol. The molecule has 0 atom stereocenters. The van der Waals surface area contributed by atoms with Crippen LogP contribution < -0.4 is 15.4 Å². The Balaban J connectivity index is 1.85. The largest absolute Gasteiger partial charge is 0.497 e. The molecule has 0 aliphatic rings. The first kappa shape index (κ1) is 20.4. The lowest BCUT2D eigenvalue weighted by molar-refractivity contribution is -0.113. The predicted molar refractivity (Wildman–Crippen MR) is 118 cm³/mol. The predicted octanol–water partition coefficient (Wildman–Crippen LogP) is 4.87. The molecule has 5 nitrogen and oxygen atoms in total. The summed E-state index contributed by atoms with van der Waals surface area (Å²) < 4.78 is 6.05. The Morgan fingerprint density at radius 1 is 0.897 bits per heavy atom. The van der Waals surface area contributed by atoms with Gasteiger partial charge in [0.05, 0.1) is 7.11 Å². The van der Waals surface area contributed by atoms with Gasteiger partial charge in [-0.15, -0.1) is 0 Å². The molecule has 0 bridgehead atoms. The van der Waals surface area contributed by atoms with Gasteiger partial charge in [0.25, 0.3) is 11.8 Å². The van der Waals surface area contributed by atoms with Crippen LogP contribution in [-0.4, -0.2) is 18.9 Å². The van der Waals surface area contributed by atoms with E-state index in [1.54, 1.807) is 61.7 Å². The van der Waals surface area contributed by atoms with Gasteiger partial charge in [0.15, 0.2) is 0 Å². The molecule has 3 rings (SSSR count). The number of hydrogen-bond donors (Lipinski definition) is 2. The molecule has 0 spiro atoms. The Bertz CT molecular complexity index is 1010. The molecule has 3 aromatic rings. The number of methoxy groups -OCH3 is 1. The molecule has 29 heavy (non-hydrogen) atoms. The smallest absolute Gasteiger partial charge is 0.272 e. The summed E-state index contributed by atoms with van der Waals surface area (Å²) in [6.07, 6.45) is 1.63. The molecule has 0 aliphatic carbocycles. The highest BCUT2D eigenvalue weighted by Crippen LogP contribution is 2.17. The molecule has 146 valence electrons. The minimum Gasteiger partial charge on any atom is -0.497 e. The molecule has 2 amide bonds. The third-order valence-electron chi connectivity index (χ3n) is 4.06. The van der Waals surface area contributed by atoms with E-state index in [1.807, 2.05) is 30.3 Å². The van der Waals surface area contributed by atoms with Crippen LogP contribution in [-0.2, 0) is 4.79 Å². The number of carbonyl (C=O) groups excluding carboxylic acids is 2. The van der Waals surface area contributed by atoms with Crippen LogP contribution >= 0.6 is 15.9 Å². The monoisotopic (exact) mass is 450 g/mol. The summed E-state index contributed by atoms with van der Waals surface area (Å²) in [6, 6.07) is 23.1. The van der Waals surface area contributed by atoms with Crippen molar-refractivity contribution in [1.82, 2.24) is 5.32 Å². The van der Waals surface area contributed by atoms with Gasteiger partial charge >= 0.3 is 0 Å². The molecule has 0 radical (unpaired) electrons. The second-order valence-corrected chi connectivity index (χ2v) is 7.03. The third kappa shape index (κ3) is 5.80. The Kier molecular flexibility index (Phi) is 6.81. The highest BCUT2D eigenvalue weighted by Gasteiger charge is 2.15. The lowest BCUT2D eigenvalue weighted by atomic mass is 10.1. The minimum atomic E-state index is -0.428. The van der Waals surface area contributed by atoms with Crippen molar-refractivity contribution in [2.75, 3.05) is 12.4 Å². The zero-order valence-electron chi connectivity index (χ0n) is 15.7. The summed E-state index contributed by atoms with van der Waals surface area (Å²) in [4.78, 5) is 25.5. The number of anilines is 1. The Hall–Kier alpha value is -3.38. The van der Waals surface area contributed by atoms with E-state index in [1.165, 1.54) is 0 Å². The maximum Gasteiger partial charge on any atom is 0.272 e. The molecule has 0 saturated heterocycles. The highest BCUT2D eigenvalue weighted by molar-refractivity contribution is 9.10. The van der Waals surface area contributed by atoms with Crippen LogP contribution in [0.5, 0.6) is 5.75 Å².